The molecule has 1 aromatic carbocycles. The van der Waals surface area contributed by atoms with E-state index in [4.69, 9.17) is 4.98 Å². The van der Waals surface area contributed by atoms with Crippen LogP contribution in [-0.2, 0) is 0 Å². The molecule has 0 atom stereocenters. The number of pyridine rings is 1. The Bertz CT molecular complexity index is 922. The number of nitrogens with zero attached hydrogens (tertiary/aromatic N) is 1. The van der Waals surface area contributed by atoms with Crippen LogP contribution in [0.4, 0.5) is 0 Å². The molecule has 0 radical (unpaired) electrons. The molecule has 2 heterocycles. The fraction of sp³-hybridized carbons (Fsp3) is 0.346. The van der Waals surface area contributed by atoms with Gasteiger partial charge in [0, 0.05) is 21.9 Å². The summed E-state index contributed by atoms with van der Waals surface area (Å²) in [5.41, 5.74) is 2.55. The van der Waals surface area contributed by atoms with Gasteiger partial charge in [-0.3, -0.25) is 0 Å². The summed E-state index contributed by atoms with van der Waals surface area (Å²) in [5, 5.41) is 1.26. The first-order valence-electron chi connectivity index (χ1n) is 10.7. The monoisotopic (exact) mass is 387 g/mol. The average Bonchev–Trinajstić information content (AvgIpc) is 3.20. The largest absolute Gasteiger partial charge is 0.242 e. The first kappa shape index (κ1) is 19.1. The molecule has 144 valence electrons. The summed E-state index contributed by atoms with van der Waals surface area (Å²) >= 11 is 1.82. The zero-order chi connectivity index (χ0) is 19.0. The average molecular weight is 388 g/mol. The molecule has 0 amide bonds. The molecule has 0 bridgehead atoms. The second-order valence-corrected chi connectivity index (χ2v) is 8.80. The molecule has 1 nitrogen and oxygen atoms in total. The Morgan fingerprint density at radius 2 is 1.29 bits per heavy atom. The number of aromatic nitrogens is 1. The van der Waals surface area contributed by atoms with Crippen molar-refractivity contribution in [3.63, 3.8) is 0 Å². The minimum absolute atomic E-state index is 0.640. The Balaban J connectivity index is 1.65. The summed E-state index contributed by atoms with van der Waals surface area (Å²) in [6, 6.07) is 25.7. The third-order valence-electron chi connectivity index (χ3n) is 5.68. The van der Waals surface area contributed by atoms with Crippen molar-refractivity contribution in [2.24, 2.45) is 0 Å². The lowest BCUT2D eigenvalue weighted by Crippen LogP contribution is -2.01. The van der Waals surface area contributed by atoms with Crippen molar-refractivity contribution in [1.82, 2.24) is 4.98 Å². The van der Waals surface area contributed by atoms with Crippen LogP contribution in [-0.4, -0.2) is 4.98 Å². The van der Waals surface area contributed by atoms with E-state index in [1.54, 1.807) is 0 Å². The van der Waals surface area contributed by atoms with Gasteiger partial charge in [0.2, 0.25) is 0 Å². The van der Waals surface area contributed by atoms with E-state index in [0.29, 0.717) is 5.92 Å². The van der Waals surface area contributed by atoms with Crippen molar-refractivity contribution >= 4 is 21.6 Å². The number of hydrogen-bond donors (Lipinski definition) is 0. The van der Waals surface area contributed by atoms with Crippen molar-refractivity contribution in [3.8, 4) is 10.4 Å². The maximum Gasteiger partial charge on any atom is 0.124 e. The van der Waals surface area contributed by atoms with Crippen molar-refractivity contribution in [2.45, 2.75) is 57.3 Å². The minimum atomic E-state index is 0.640. The topological polar surface area (TPSA) is 12.9 Å². The lowest BCUT2D eigenvalue weighted by Gasteiger charge is -2.15. The normalized spacial score (nSPS) is 16.0. The zero-order valence-corrected chi connectivity index (χ0v) is 17.3. The number of rotatable bonds is 2. The molecule has 0 unspecified atom stereocenters. The molecule has 1 aliphatic rings. The Morgan fingerprint density at radius 1 is 0.679 bits per heavy atom. The van der Waals surface area contributed by atoms with Gasteiger partial charge >= 0.3 is 0 Å². The molecular formula is C26H29NS. The highest BCUT2D eigenvalue weighted by Gasteiger charge is 2.15. The molecule has 2 aromatic heterocycles. The molecule has 0 N–H and O–H groups in total. The predicted molar refractivity (Wildman–Crippen MR) is 122 cm³/mol. The lowest BCUT2D eigenvalue weighted by atomic mass is 9.93. The Labute approximate surface area is 172 Å². The maximum atomic E-state index is 5.12. The van der Waals surface area contributed by atoms with E-state index in [1.165, 1.54) is 77.7 Å². The van der Waals surface area contributed by atoms with E-state index in [1.807, 2.05) is 17.4 Å². The fourth-order valence-corrected chi connectivity index (χ4v) is 5.13. The van der Waals surface area contributed by atoms with Crippen LogP contribution >= 0.6 is 11.3 Å². The molecule has 4 rings (SSSR count). The van der Waals surface area contributed by atoms with Crippen molar-refractivity contribution in [2.75, 3.05) is 0 Å². The second kappa shape index (κ2) is 9.84. The van der Waals surface area contributed by atoms with Crippen molar-refractivity contribution in [1.29, 1.82) is 0 Å². The molecular weight excluding hydrogens is 358 g/mol. The quantitative estimate of drug-likeness (QED) is 0.431. The van der Waals surface area contributed by atoms with Gasteiger partial charge in [-0.2, -0.15) is 0 Å². The lowest BCUT2D eigenvalue weighted by molar-refractivity contribution is 0.530. The predicted octanol–water partition coefficient (Wildman–Crippen LogP) is 8.31. The molecule has 0 aliphatic heterocycles. The van der Waals surface area contributed by atoms with Gasteiger partial charge in [0.05, 0.1) is 0 Å². The van der Waals surface area contributed by atoms with Crippen LogP contribution in [0.2, 0.25) is 0 Å². The maximum absolute atomic E-state index is 5.12. The summed E-state index contributed by atoms with van der Waals surface area (Å²) in [5.74, 6) is 0.640. The van der Waals surface area contributed by atoms with Gasteiger partial charge in [-0.1, -0.05) is 99.2 Å². The van der Waals surface area contributed by atoms with E-state index in [0.717, 1.165) is 0 Å². The van der Waals surface area contributed by atoms with Gasteiger partial charge < -0.3 is 0 Å². The number of thiophene rings is 1. The first-order chi connectivity index (χ1) is 13.9. The van der Waals surface area contributed by atoms with E-state index in [-0.39, 0.29) is 0 Å². The van der Waals surface area contributed by atoms with Gasteiger partial charge in [0.15, 0.2) is 0 Å². The highest BCUT2D eigenvalue weighted by Crippen LogP contribution is 2.35. The Kier molecular flexibility index (Phi) is 6.73. The smallest absolute Gasteiger partial charge is 0.124 e. The van der Waals surface area contributed by atoms with Crippen molar-refractivity contribution in [3.05, 3.63) is 78.5 Å². The highest BCUT2D eigenvalue weighted by atomic mass is 32.1. The summed E-state index contributed by atoms with van der Waals surface area (Å²) in [6.07, 6.45) is 10.9. The van der Waals surface area contributed by atoms with Crippen molar-refractivity contribution < 1.29 is 0 Å². The highest BCUT2D eigenvalue weighted by molar-refractivity contribution is 7.21. The van der Waals surface area contributed by atoms with Gasteiger partial charge in [0.25, 0.3) is 0 Å². The summed E-state index contributed by atoms with van der Waals surface area (Å²) < 4.78 is 0. The fourth-order valence-electron chi connectivity index (χ4n) is 4.09. The minimum Gasteiger partial charge on any atom is -0.242 e. The van der Waals surface area contributed by atoms with Gasteiger partial charge in [-0.05, 0) is 30.5 Å². The van der Waals surface area contributed by atoms with Crippen LogP contribution in [0.25, 0.3) is 20.7 Å². The third kappa shape index (κ3) is 4.99. The SMILES string of the molecule is c1ccccc(-c2cc3ccc(C4CCCCCCCC4)nc3s2)cccc1. The van der Waals surface area contributed by atoms with E-state index < -0.39 is 0 Å². The van der Waals surface area contributed by atoms with E-state index >= 15 is 0 Å². The van der Waals surface area contributed by atoms with E-state index in [2.05, 4.69) is 66.7 Å². The zero-order valence-electron chi connectivity index (χ0n) is 16.5. The van der Waals surface area contributed by atoms with Crippen LogP contribution in [0, 0.1) is 0 Å². The molecule has 0 saturated heterocycles. The third-order valence-corrected chi connectivity index (χ3v) is 6.77. The van der Waals surface area contributed by atoms with Crippen LogP contribution in [0.15, 0.2) is 72.8 Å². The van der Waals surface area contributed by atoms with Crippen LogP contribution in [0.3, 0.4) is 0 Å². The van der Waals surface area contributed by atoms with E-state index in [9.17, 15) is 0 Å². The Hall–Kier alpha value is -2.19. The van der Waals surface area contributed by atoms with Crippen LogP contribution in [0.5, 0.6) is 0 Å². The molecule has 1 aliphatic carbocycles. The molecule has 3 aromatic rings. The summed E-state index contributed by atoms with van der Waals surface area (Å²) in [4.78, 5) is 7.58. The Morgan fingerprint density at radius 3 is 1.96 bits per heavy atom. The molecule has 1 fully saturated rings. The molecule has 0 spiro atoms. The van der Waals surface area contributed by atoms with Gasteiger partial charge in [-0.25, -0.2) is 4.98 Å². The first-order valence-corrected chi connectivity index (χ1v) is 11.5. The summed E-state index contributed by atoms with van der Waals surface area (Å²) in [7, 11) is 0. The molecule has 1 saturated carbocycles. The van der Waals surface area contributed by atoms with Gasteiger partial charge in [-0.15, -0.1) is 11.3 Å². The number of hydrogen-bond acceptors (Lipinski definition) is 2. The standard InChI is InChI=1S/C26H29NS/c1-2-8-12-16-22(17-13-9-3-1)25-20-23-18-19-24(27-26(23)28-25)21-14-10-6-4-5-7-11-15-21/h1-3,8-9,12-13,16-21H,4-7,10-11,14-15H2. The number of fused-ring (bicyclic) bond motifs is 1. The molecule has 2 heteroatoms. The van der Waals surface area contributed by atoms with Gasteiger partial charge in [0.1, 0.15) is 4.83 Å². The molecule has 28 heavy (non-hydrogen) atoms. The van der Waals surface area contributed by atoms with Crippen LogP contribution in [0.1, 0.15) is 63.0 Å². The summed E-state index contributed by atoms with van der Waals surface area (Å²) in [6.45, 7) is 0. The second-order valence-electron chi connectivity index (χ2n) is 7.77. The van der Waals surface area contributed by atoms with Crippen LogP contribution < -0.4 is 0 Å².